The number of imidazole rings is 2. The van der Waals surface area contributed by atoms with E-state index < -0.39 is 0 Å². The second kappa shape index (κ2) is 17.7. The quantitative estimate of drug-likeness (QED) is 0.176. The molecule has 0 saturated carbocycles. The van der Waals surface area contributed by atoms with Crippen LogP contribution >= 0.6 is 0 Å². The molecule has 6 nitrogen and oxygen atoms in total. The molecule has 0 aliphatic rings. The van der Waals surface area contributed by atoms with Gasteiger partial charge in [0, 0.05) is 43.4 Å². The van der Waals surface area contributed by atoms with Crippen molar-refractivity contribution in [3.05, 3.63) is 288 Å². The van der Waals surface area contributed by atoms with E-state index in [1.165, 1.54) is 37.7 Å². The molecule has 14 aromatic carbocycles. The van der Waals surface area contributed by atoms with Crippen molar-refractivity contribution < 1.29 is 0 Å². The molecule has 0 N–H and O–H groups in total. The van der Waals surface area contributed by atoms with Crippen LogP contribution in [-0.4, -0.2) is 18.8 Å². The van der Waals surface area contributed by atoms with Gasteiger partial charge in [-0.05, 0) is 148 Å². The first-order valence-electron chi connectivity index (χ1n) is 27.7. The predicted molar refractivity (Wildman–Crippen MR) is 342 cm³/mol. The van der Waals surface area contributed by atoms with Gasteiger partial charge in [-0.1, -0.05) is 206 Å². The van der Waals surface area contributed by atoms with Crippen LogP contribution in [0.5, 0.6) is 0 Å². The minimum atomic E-state index is -0.0353. The molecule has 82 heavy (non-hydrogen) atoms. The zero-order chi connectivity index (χ0) is 54.2. The van der Waals surface area contributed by atoms with Gasteiger partial charge in [-0.2, -0.15) is 0 Å². The fourth-order valence-corrected chi connectivity index (χ4v) is 13.0. The number of hydrogen-bond donors (Lipinski definition) is 0. The molecule has 380 valence electrons. The van der Waals surface area contributed by atoms with Crippen molar-refractivity contribution >= 4 is 120 Å². The fraction of sp³-hybridized carbons (Fsp3) is 0. The molecule has 0 bridgehead atoms. The lowest BCUT2D eigenvalue weighted by molar-refractivity contribution is 1.19. The van der Waals surface area contributed by atoms with Crippen molar-refractivity contribution in [1.29, 1.82) is 0 Å². The van der Waals surface area contributed by atoms with Gasteiger partial charge in [-0.25, -0.2) is 9.97 Å². The van der Waals surface area contributed by atoms with Crippen LogP contribution in [0, 0.1) is 0 Å². The Bertz CT molecular complexity index is 5780. The minimum absolute atomic E-state index is 0.0349. The van der Waals surface area contributed by atoms with Crippen molar-refractivity contribution in [2.45, 2.75) is 0 Å². The van der Waals surface area contributed by atoms with E-state index in [1.807, 2.05) is 45.2 Å². The third-order valence-corrected chi connectivity index (χ3v) is 17.0. The Morgan fingerprint density at radius 2 is 0.646 bits per heavy atom. The summed E-state index contributed by atoms with van der Waals surface area (Å²) in [5.41, 5.74) is 13.1. The second-order valence-corrected chi connectivity index (χ2v) is 21.6. The summed E-state index contributed by atoms with van der Waals surface area (Å²) < 4.78 is 3.66. The number of pyridine rings is 2. The molecule has 0 spiro atoms. The van der Waals surface area contributed by atoms with Crippen LogP contribution in [-0.2, 0) is 0 Å². The highest BCUT2D eigenvalue weighted by molar-refractivity contribution is 6.18. The molecular formula is C76H44N4O2. The molecule has 4 aromatic heterocycles. The largest absolute Gasteiger partial charge is 0.268 e. The highest BCUT2D eigenvalue weighted by atomic mass is 16.1. The Kier molecular flexibility index (Phi) is 9.91. The van der Waals surface area contributed by atoms with Crippen molar-refractivity contribution in [2.24, 2.45) is 0 Å². The first kappa shape index (κ1) is 45.9. The molecule has 0 saturated heterocycles. The van der Waals surface area contributed by atoms with E-state index in [9.17, 15) is 9.59 Å². The zero-order valence-corrected chi connectivity index (χ0v) is 44.0. The molecule has 0 atom stereocenters. The summed E-state index contributed by atoms with van der Waals surface area (Å²) in [5.74, 6) is 0. The lowest BCUT2D eigenvalue weighted by Gasteiger charge is -2.12. The molecular weight excluding hydrogens is 1000 g/mol. The van der Waals surface area contributed by atoms with Gasteiger partial charge in [0.05, 0.1) is 22.1 Å². The van der Waals surface area contributed by atoms with E-state index in [0.29, 0.717) is 22.1 Å². The van der Waals surface area contributed by atoms with Gasteiger partial charge < -0.3 is 0 Å². The van der Waals surface area contributed by atoms with E-state index in [4.69, 9.17) is 9.97 Å². The summed E-state index contributed by atoms with van der Waals surface area (Å²) >= 11 is 0. The van der Waals surface area contributed by atoms with Gasteiger partial charge in [-0.3, -0.25) is 18.4 Å². The van der Waals surface area contributed by atoms with Crippen LogP contribution in [0.3, 0.4) is 0 Å². The number of fused-ring (bicyclic) bond motifs is 12. The van der Waals surface area contributed by atoms with Gasteiger partial charge in [0.25, 0.3) is 11.1 Å². The zero-order valence-electron chi connectivity index (χ0n) is 44.0. The molecule has 0 unspecified atom stereocenters. The van der Waals surface area contributed by atoms with Crippen LogP contribution < -0.4 is 11.1 Å². The Morgan fingerprint density at radius 1 is 0.268 bits per heavy atom. The fourth-order valence-electron chi connectivity index (χ4n) is 13.0. The third kappa shape index (κ3) is 7.01. The molecule has 18 aromatic rings. The molecule has 0 aliphatic heterocycles. The summed E-state index contributed by atoms with van der Waals surface area (Å²) in [6, 6.07) is 92.8. The van der Waals surface area contributed by atoms with Gasteiger partial charge in [0.15, 0.2) is 0 Å². The topological polar surface area (TPSA) is 68.7 Å². The molecule has 0 radical (unpaired) electrons. The summed E-state index contributed by atoms with van der Waals surface area (Å²) in [6.45, 7) is 0. The number of rotatable bonds is 4. The molecule has 6 heteroatoms. The summed E-state index contributed by atoms with van der Waals surface area (Å²) in [7, 11) is 0. The first-order valence-corrected chi connectivity index (χ1v) is 27.7. The Balaban J connectivity index is 0.000000130. The van der Waals surface area contributed by atoms with Crippen LogP contribution in [0.2, 0.25) is 0 Å². The van der Waals surface area contributed by atoms with Gasteiger partial charge >= 0.3 is 0 Å². The standard InChI is InChI=1S/2C38H22N2O/c41-38-32-14-6-12-25-11-5-13-31(35(25)32)37-39-36-33(29-18-16-24-8-2-4-10-27(24)20-29)21-30(22-34(36)40(37)38)28-17-15-23-7-1-3-9-26(23)19-28;41-38-32-14-6-12-25-11-5-13-31(35(25)32)37-39-34-22-30(28-17-15-23-7-1-3-9-26(23)19-28)21-33(36(34)40(37)38)29-18-16-24-8-2-4-10-27(24)20-29/h2*1-22H. The molecule has 0 aliphatic carbocycles. The number of nitrogens with zero attached hydrogens (tertiary/aromatic N) is 4. The van der Waals surface area contributed by atoms with Gasteiger partial charge in [0.1, 0.15) is 11.3 Å². The maximum Gasteiger partial charge on any atom is 0.264 e. The van der Waals surface area contributed by atoms with E-state index >= 15 is 0 Å². The maximum atomic E-state index is 14.2. The van der Waals surface area contributed by atoms with Gasteiger partial charge in [-0.15, -0.1) is 0 Å². The van der Waals surface area contributed by atoms with Crippen molar-refractivity contribution in [3.8, 4) is 44.5 Å². The molecule has 4 heterocycles. The van der Waals surface area contributed by atoms with Crippen LogP contribution in [0.4, 0.5) is 0 Å². The second-order valence-electron chi connectivity index (χ2n) is 21.6. The Morgan fingerprint density at radius 3 is 1.15 bits per heavy atom. The van der Waals surface area contributed by atoms with Crippen molar-refractivity contribution in [1.82, 2.24) is 18.8 Å². The number of benzene rings is 14. The molecule has 0 fully saturated rings. The third-order valence-electron chi connectivity index (χ3n) is 17.0. The SMILES string of the molecule is O=c1c2cccc3cccc(c32)c2nc3c(-c4ccc5ccccc5c4)cc(-c4ccc5ccccc5c4)cc3n12.O=c1c2cccc3cccc(c32)c2nc3cc(-c4ccc5ccccc5c4)cc(-c4ccc5ccccc5c4)c3n12. The minimum Gasteiger partial charge on any atom is -0.268 e. The average Bonchev–Trinajstić information content (AvgIpc) is 2.75. The van der Waals surface area contributed by atoms with E-state index in [1.54, 1.807) is 0 Å². The van der Waals surface area contributed by atoms with E-state index in [-0.39, 0.29) is 11.1 Å². The Hall–Kier alpha value is -11.1. The number of aromatic nitrogens is 4. The average molecular weight is 1050 g/mol. The highest BCUT2D eigenvalue weighted by Gasteiger charge is 2.23. The number of hydrogen-bond acceptors (Lipinski definition) is 4. The predicted octanol–water partition coefficient (Wildman–Crippen LogP) is 18.5. The lowest BCUT2D eigenvalue weighted by atomic mass is 9.94. The summed E-state index contributed by atoms with van der Waals surface area (Å²) in [4.78, 5) is 38.7. The maximum absolute atomic E-state index is 14.2. The van der Waals surface area contributed by atoms with Gasteiger partial charge in [0.2, 0.25) is 0 Å². The summed E-state index contributed by atoms with van der Waals surface area (Å²) in [5, 5.41) is 17.0. The first-order chi connectivity index (χ1) is 40.5. The van der Waals surface area contributed by atoms with Crippen molar-refractivity contribution in [3.63, 3.8) is 0 Å². The summed E-state index contributed by atoms with van der Waals surface area (Å²) in [6.07, 6.45) is 0. The Labute approximate surface area is 468 Å². The van der Waals surface area contributed by atoms with Crippen molar-refractivity contribution in [2.75, 3.05) is 0 Å². The smallest absolute Gasteiger partial charge is 0.264 e. The lowest BCUT2D eigenvalue weighted by Crippen LogP contribution is -2.13. The van der Waals surface area contributed by atoms with Crippen LogP contribution in [0.1, 0.15) is 0 Å². The normalized spacial score (nSPS) is 12.0. The van der Waals surface area contributed by atoms with E-state index in [0.717, 1.165) is 104 Å². The highest BCUT2D eigenvalue weighted by Crippen LogP contribution is 2.41. The van der Waals surface area contributed by atoms with E-state index in [2.05, 4.69) is 231 Å². The monoisotopic (exact) mass is 1040 g/mol. The van der Waals surface area contributed by atoms with Crippen LogP contribution in [0.25, 0.3) is 164 Å². The van der Waals surface area contributed by atoms with Crippen LogP contribution in [0.15, 0.2) is 277 Å². The molecule has 18 rings (SSSR count). The molecule has 0 amide bonds.